The maximum absolute atomic E-state index is 12.9. The molecule has 0 radical (unpaired) electrons. The molecule has 80 valence electrons. The molecular weight excluding hydrogens is 194 g/mol. The molecule has 1 aliphatic rings. The van der Waals surface area contributed by atoms with Crippen LogP contribution in [0.2, 0.25) is 0 Å². The van der Waals surface area contributed by atoms with Crippen molar-refractivity contribution in [3.8, 4) is 0 Å². The molecule has 1 atom stereocenters. The number of hydrogen-bond acceptors (Lipinski definition) is 3. The van der Waals surface area contributed by atoms with Gasteiger partial charge >= 0.3 is 5.97 Å². The summed E-state index contributed by atoms with van der Waals surface area (Å²) in [6.07, 6.45) is -1.40. The summed E-state index contributed by atoms with van der Waals surface area (Å²) in [5.74, 6) is -5.43. The number of halogens is 2. The van der Waals surface area contributed by atoms with Gasteiger partial charge in [-0.25, -0.2) is 8.78 Å². The van der Waals surface area contributed by atoms with Crippen LogP contribution >= 0.6 is 0 Å². The molecule has 0 saturated heterocycles. The Morgan fingerprint density at radius 1 is 1.64 bits per heavy atom. The van der Waals surface area contributed by atoms with Crippen molar-refractivity contribution in [3.05, 3.63) is 0 Å². The summed E-state index contributed by atoms with van der Waals surface area (Å²) >= 11 is 0. The Labute approximate surface area is 80.4 Å². The number of ether oxygens (including phenoxy) is 1. The summed E-state index contributed by atoms with van der Waals surface area (Å²) in [7, 11) is 0. The smallest absolute Gasteiger partial charge is 0.316 e. The molecule has 0 amide bonds. The van der Waals surface area contributed by atoms with Crippen molar-refractivity contribution in [2.45, 2.75) is 32.1 Å². The van der Waals surface area contributed by atoms with Crippen molar-refractivity contribution < 1.29 is 23.1 Å². The predicted molar refractivity (Wildman–Crippen MR) is 43.9 cm³/mol. The van der Waals surface area contributed by atoms with E-state index in [1.54, 1.807) is 6.92 Å². The van der Waals surface area contributed by atoms with Crippen LogP contribution in [0.3, 0.4) is 0 Å². The second-order valence-corrected chi connectivity index (χ2v) is 3.33. The highest BCUT2D eigenvalue weighted by Gasteiger charge is 2.44. The molecule has 0 heterocycles. The van der Waals surface area contributed by atoms with Crippen LogP contribution < -0.4 is 0 Å². The molecule has 1 saturated carbocycles. The quantitative estimate of drug-likeness (QED) is 0.508. The first-order valence-electron chi connectivity index (χ1n) is 4.53. The van der Waals surface area contributed by atoms with Crippen molar-refractivity contribution in [3.63, 3.8) is 0 Å². The van der Waals surface area contributed by atoms with E-state index in [2.05, 4.69) is 4.74 Å². The minimum Gasteiger partial charge on any atom is -0.465 e. The van der Waals surface area contributed by atoms with Crippen LogP contribution in [0.25, 0.3) is 0 Å². The van der Waals surface area contributed by atoms with Gasteiger partial charge in [0.15, 0.2) is 0 Å². The van der Waals surface area contributed by atoms with Gasteiger partial charge in [-0.3, -0.25) is 9.59 Å². The summed E-state index contributed by atoms with van der Waals surface area (Å²) in [6, 6.07) is 0. The highest BCUT2D eigenvalue weighted by Crippen LogP contribution is 2.35. The van der Waals surface area contributed by atoms with Crippen LogP contribution in [0.15, 0.2) is 0 Å². The molecule has 0 aliphatic heterocycles. The molecule has 0 aromatic rings. The van der Waals surface area contributed by atoms with E-state index in [9.17, 15) is 18.4 Å². The van der Waals surface area contributed by atoms with E-state index in [0.29, 0.717) is 0 Å². The van der Waals surface area contributed by atoms with E-state index in [0.717, 1.165) is 0 Å². The Morgan fingerprint density at radius 3 is 2.86 bits per heavy atom. The summed E-state index contributed by atoms with van der Waals surface area (Å²) in [4.78, 5) is 22.3. The maximum atomic E-state index is 12.9. The van der Waals surface area contributed by atoms with Gasteiger partial charge in [-0.15, -0.1) is 0 Å². The maximum Gasteiger partial charge on any atom is 0.316 e. The van der Waals surface area contributed by atoms with Crippen molar-refractivity contribution in [1.82, 2.24) is 0 Å². The van der Waals surface area contributed by atoms with Gasteiger partial charge in [0, 0.05) is 19.3 Å². The number of Topliss-reactive ketones (excluding diaryl/α,β-unsaturated/α-hetero) is 1. The molecule has 3 nitrogen and oxygen atoms in total. The SMILES string of the molecule is CCOC(=O)C1CC(F)(F)CCC1=O. The van der Waals surface area contributed by atoms with Crippen LogP contribution in [0.5, 0.6) is 0 Å². The number of carbonyl (C=O) groups excluding carboxylic acids is 2. The first kappa shape index (κ1) is 11.1. The van der Waals surface area contributed by atoms with Gasteiger partial charge < -0.3 is 4.74 Å². The molecule has 5 heteroatoms. The molecule has 0 N–H and O–H groups in total. The van der Waals surface area contributed by atoms with Crippen LogP contribution in [0, 0.1) is 5.92 Å². The summed E-state index contributed by atoms with van der Waals surface area (Å²) in [6.45, 7) is 1.68. The number of esters is 1. The van der Waals surface area contributed by atoms with E-state index in [1.807, 2.05) is 0 Å². The first-order chi connectivity index (χ1) is 6.46. The molecule has 0 bridgehead atoms. The van der Waals surface area contributed by atoms with Crippen molar-refractivity contribution in [2.75, 3.05) is 6.61 Å². The first-order valence-corrected chi connectivity index (χ1v) is 4.53. The number of hydrogen-bond donors (Lipinski definition) is 0. The highest BCUT2D eigenvalue weighted by molar-refractivity contribution is 5.99. The normalized spacial score (nSPS) is 25.9. The lowest BCUT2D eigenvalue weighted by Crippen LogP contribution is -2.38. The lowest BCUT2D eigenvalue weighted by Gasteiger charge is -2.26. The molecule has 0 spiro atoms. The van der Waals surface area contributed by atoms with Crippen LogP contribution in [-0.2, 0) is 14.3 Å². The zero-order valence-electron chi connectivity index (χ0n) is 7.89. The minimum atomic E-state index is -2.91. The molecule has 1 fully saturated rings. The molecular formula is C9H12F2O3. The second kappa shape index (κ2) is 4.02. The Morgan fingerprint density at radius 2 is 2.29 bits per heavy atom. The fourth-order valence-electron chi connectivity index (χ4n) is 1.45. The Hall–Kier alpha value is -1.00. The van der Waals surface area contributed by atoms with Gasteiger partial charge in [-0.2, -0.15) is 0 Å². The second-order valence-electron chi connectivity index (χ2n) is 3.33. The average molecular weight is 206 g/mol. The summed E-state index contributed by atoms with van der Waals surface area (Å²) in [5.41, 5.74) is 0. The molecule has 0 aromatic carbocycles. The molecule has 14 heavy (non-hydrogen) atoms. The molecule has 0 aromatic heterocycles. The van der Waals surface area contributed by atoms with Gasteiger partial charge in [0.1, 0.15) is 11.7 Å². The van der Waals surface area contributed by atoms with E-state index < -0.39 is 36.4 Å². The van der Waals surface area contributed by atoms with Crippen molar-refractivity contribution in [1.29, 1.82) is 0 Å². The van der Waals surface area contributed by atoms with Gasteiger partial charge in [-0.1, -0.05) is 0 Å². The lowest BCUT2D eigenvalue weighted by molar-refractivity contribution is -0.160. The predicted octanol–water partition coefficient (Wildman–Crippen LogP) is 1.55. The Kier molecular flexibility index (Phi) is 3.18. The average Bonchev–Trinajstić information content (AvgIpc) is 2.10. The number of rotatable bonds is 2. The topological polar surface area (TPSA) is 43.4 Å². The molecule has 1 aliphatic carbocycles. The number of carbonyl (C=O) groups is 2. The van der Waals surface area contributed by atoms with Gasteiger partial charge in [0.2, 0.25) is 5.92 Å². The van der Waals surface area contributed by atoms with Crippen LogP contribution in [-0.4, -0.2) is 24.3 Å². The largest absolute Gasteiger partial charge is 0.465 e. The zero-order valence-corrected chi connectivity index (χ0v) is 7.89. The van der Waals surface area contributed by atoms with Crippen molar-refractivity contribution in [2.24, 2.45) is 5.92 Å². The van der Waals surface area contributed by atoms with Gasteiger partial charge in [0.05, 0.1) is 6.61 Å². The summed E-state index contributed by atoms with van der Waals surface area (Å²) in [5, 5.41) is 0. The molecule has 1 rings (SSSR count). The third-order valence-electron chi connectivity index (χ3n) is 2.20. The van der Waals surface area contributed by atoms with Crippen LogP contribution in [0.4, 0.5) is 8.78 Å². The summed E-state index contributed by atoms with van der Waals surface area (Å²) < 4.78 is 30.3. The third kappa shape index (κ3) is 2.49. The Balaban J connectivity index is 2.66. The zero-order chi connectivity index (χ0) is 10.8. The van der Waals surface area contributed by atoms with E-state index in [1.165, 1.54) is 0 Å². The van der Waals surface area contributed by atoms with Gasteiger partial charge in [-0.05, 0) is 6.92 Å². The number of ketones is 1. The molecule has 1 unspecified atom stereocenters. The van der Waals surface area contributed by atoms with E-state index in [4.69, 9.17) is 0 Å². The van der Waals surface area contributed by atoms with E-state index in [-0.39, 0.29) is 13.0 Å². The van der Waals surface area contributed by atoms with Gasteiger partial charge in [0.25, 0.3) is 0 Å². The lowest BCUT2D eigenvalue weighted by atomic mass is 9.85. The standard InChI is InChI=1S/C9H12F2O3/c1-2-14-8(13)6-5-9(10,11)4-3-7(6)12/h6H,2-5H2,1H3. The third-order valence-corrected chi connectivity index (χ3v) is 2.20. The van der Waals surface area contributed by atoms with Crippen molar-refractivity contribution >= 4 is 11.8 Å². The Bertz CT molecular complexity index is 250. The monoisotopic (exact) mass is 206 g/mol. The van der Waals surface area contributed by atoms with E-state index >= 15 is 0 Å². The highest BCUT2D eigenvalue weighted by atomic mass is 19.3. The fourth-order valence-corrected chi connectivity index (χ4v) is 1.45. The minimum absolute atomic E-state index is 0.105. The number of alkyl halides is 2. The van der Waals surface area contributed by atoms with Crippen LogP contribution in [0.1, 0.15) is 26.2 Å². The fraction of sp³-hybridized carbons (Fsp3) is 0.778.